The van der Waals surface area contributed by atoms with Crippen molar-refractivity contribution in [3.63, 3.8) is 0 Å². The Labute approximate surface area is 249 Å². The van der Waals surface area contributed by atoms with Crippen molar-refractivity contribution < 1.29 is 27.5 Å². The second-order valence-electron chi connectivity index (χ2n) is 9.94. The molecule has 0 fully saturated rings. The van der Waals surface area contributed by atoms with Crippen molar-refractivity contribution in [2.24, 2.45) is 0 Å². The summed E-state index contributed by atoms with van der Waals surface area (Å²) in [7, 11) is -1.17. The SMILES string of the molecule is CCCCNC(=O)[C@H](CC)N(Cc1ccc(OC)cc1)C(=O)CN(c1cc(C)ccc1OC)S(=O)(=O)c1ccccc1. The molecule has 3 aromatic rings. The van der Waals surface area contributed by atoms with Crippen molar-refractivity contribution >= 4 is 27.5 Å². The van der Waals surface area contributed by atoms with Gasteiger partial charge in [-0.3, -0.25) is 13.9 Å². The molecule has 0 saturated carbocycles. The Kier molecular flexibility index (Phi) is 11.8. The highest BCUT2D eigenvalue weighted by atomic mass is 32.2. The van der Waals surface area contributed by atoms with Crippen LogP contribution >= 0.6 is 0 Å². The number of nitrogens with one attached hydrogen (secondary N) is 1. The molecule has 0 spiro atoms. The molecule has 10 heteroatoms. The van der Waals surface area contributed by atoms with E-state index in [1.165, 1.54) is 24.1 Å². The molecule has 0 aromatic heterocycles. The van der Waals surface area contributed by atoms with Gasteiger partial charge in [-0.15, -0.1) is 0 Å². The summed E-state index contributed by atoms with van der Waals surface area (Å²) < 4.78 is 40.0. The fourth-order valence-corrected chi connectivity index (χ4v) is 6.02. The van der Waals surface area contributed by atoms with Crippen molar-refractivity contribution in [2.75, 3.05) is 31.6 Å². The number of amides is 2. The lowest BCUT2D eigenvalue weighted by atomic mass is 10.1. The van der Waals surface area contributed by atoms with Gasteiger partial charge in [0.05, 0.1) is 24.8 Å². The van der Waals surface area contributed by atoms with Crippen LogP contribution in [0.2, 0.25) is 0 Å². The lowest BCUT2D eigenvalue weighted by Crippen LogP contribution is -2.52. The third-order valence-corrected chi connectivity index (χ3v) is 8.71. The molecule has 0 unspecified atom stereocenters. The Morgan fingerprint density at radius 2 is 1.62 bits per heavy atom. The molecule has 1 N–H and O–H groups in total. The maximum Gasteiger partial charge on any atom is 0.264 e. The van der Waals surface area contributed by atoms with E-state index < -0.39 is 28.5 Å². The summed E-state index contributed by atoms with van der Waals surface area (Å²) in [5.74, 6) is 0.163. The smallest absolute Gasteiger partial charge is 0.264 e. The summed E-state index contributed by atoms with van der Waals surface area (Å²) >= 11 is 0. The second-order valence-corrected chi connectivity index (χ2v) is 11.8. The first-order valence-electron chi connectivity index (χ1n) is 14.1. The Morgan fingerprint density at radius 3 is 2.21 bits per heavy atom. The molecule has 0 bridgehead atoms. The maximum absolute atomic E-state index is 14.2. The number of anilines is 1. The predicted molar refractivity (Wildman–Crippen MR) is 164 cm³/mol. The molecule has 2 amide bonds. The molecule has 0 radical (unpaired) electrons. The zero-order valence-corrected chi connectivity index (χ0v) is 25.8. The number of rotatable bonds is 15. The molecule has 3 aromatic carbocycles. The predicted octanol–water partition coefficient (Wildman–Crippen LogP) is 4.93. The van der Waals surface area contributed by atoms with E-state index in [-0.39, 0.29) is 23.0 Å². The van der Waals surface area contributed by atoms with Gasteiger partial charge in [0, 0.05) is 13.1 Å². The zero-order chi connectivity index (χ0) is 30.7. The van der Waals surface area contributed by atoms with E-state index in [4.69, 9.17) is 9.47 Å². The highest BCUT2D eigenvalue weighted by Gasteiger charge is 2.34. The average Bonchev–Trinajstić information content (AvgIpc) is 3.00. The van der Waals surface area contributed by atoms with Crippen molar-refractivity contribution in [3.05, 3.63) is 83.9 Å². The van der Waals surface area contributed by atoms with Gasteiger partial charge in [-0.25, -0.2) is 8.42 Å². The lowest BCUT2D eigenvalue weighted by Gasteiger charge is -2.33. The van der Waals surface area contributed by atoms with Crippen molar-refractivity contribution in [3.8, 4) is 11.5 Å². The van der Waals surface area contributed by atoms with E-state index in [1.54, 1.807) is 55.6 Å². The Balaban J connectivity index is 2.08. The zero-order valence-electron chi connectivity index (χ0n) is 25.0. The van der Waals surface area contributed by atoms with Gasteiger partial charge in [-0.2, -0.15) is 0 Å². The third kappa shape index (κ3) is 8.03. The van der Waals surface area contributed by atoms with E-state index >= 15 is 0 Å². The molecule has 3 rings (SSSR count). The minimum atomic E-state index is -4.20. The molecule has 0 heterocycles. The van der Waals surface area contributed by atoms with Gasteiger partial charge in [0.15, 0.2) is 0 Å². The van der Waals surface area contributed by atoms with Crippen LogP contribution in [0.5, 0.6) is 11.5 Å². The summed E-state index contributed by atoms with van der Waals surface area (Å²) in [5.41, 5.74) is 1.80. The van der Waals surface area contributed by atoms with E-state index in [1.807, 2.05) is 32.9 Å². The van der Waals surface area contributed by atoms with Crippen LogP contribution in [0, 0.1) is 6.92 Å². The number of sulfonamides is 1. The van der Waals surface area contributed by atoms with Gasteiger partial charge in [-0.05, 0) is 67.3 Å². The monoisotopic (exact) mass is 595 g/mol. The summed E-state index contributed by atoms with van der Waals surface area (Å²) in [6.07, 6.45) is 2.07. The fraction of sp³-hybridized carbons (Fsp3) is 0.375. The molecular formula is C32H41N3O6S. The highest BCUT2D eigenvalue weighted by Crippen LogP contribution is 2.33. The van der Waals surface area contributed by atoms with Crippen molar-refractivity contribution in [1.82, 2.24) is 10.2 Å². The quantitative estimate of drug-likeness (QED) is 0.250. The molecule has 9 nitrogen and oxygen atoms in total. The molecule has 1 atom stereocenters. The maximum atomic E-state index is 14.2. The van der Waals surface area contributed by atoms with Crippen LogP contribution in [0.15, 0.2) is 77.7 Å². The molecule has 0 aliphatic carbocycles. The van der Waals surface area contributed by atoms with Crippen LogP contribution in [0.3, 0.4) is 0 Å². The standard InChI is InChI=1S/C32H41N3O6S/c1-6-8-20-33-32(37)28(7-2)34(22-25-15-17-26(40-4)18-16-25)31(36)23-35(29-21-24(3)14-19-30(29)41-5)42(38,39)27-12-10-9-11-13-27/h9-19,21,28H,6-8,20,22-23H2,1-5H3,(H,33,37)/t28-/m0/s1. The van der Waals surface area contributed by atoms with Gasteiger partial charge in [0.25, 0.3) is 10.0 Å². The van der Waals surface area contributed by atoms with Crippen LogP contribution in [0.1, 0.15) is 44.2 Å². The van der Waals surface area contributed by atoms with Gasteiger partial charge >= 0.3 is 0 Å². The number of carbonyl (C=O) groups excluding carboxylic acids is 2. The Bertz CT molecular complexity index is 1430. The topological polar surface area (TPSA) is 105 Å². The number of unbranched alkanes of at least 4 members (excludes halogenated alkanes) is 1. The summed E-state index contributed by atoms with van der Waals surface area (Å²) in [5, 5.41) is 2.94. The molecule has 42 heavy (non-hydrogen) atoms. The number of carbonyl (C=O) groups is 2. The van der Waals surface area contributed by atoms with Crippen LogP contribution in [0.4, 0.5) is 5.69 Å². The second kappa shape index (κ2) is 15.3. The average molecular weight is 596 g/mol. The summed E-state index contributed by atoms with van der Waals surface area (Å²) in [4.78, 5) is 29.0. The minimum absolute atomic E-state index is 0.0346. The van der Waals surface area contributed by atoms with Crippen LogP contribution in [-0.2, 0) is 26.2 Å². The van der Waals surface area contributed by atoms with Gasteiger partial charge in [0.2, 0.25) is 11.8 Å². The van der Waals surface area contributed by atoms with Crippen molar-refractivity contribution in [2.45, 2.75) is 57.5 Å². The normalized spacial score (nSPS) is 11.8. The number of ether oxygens (including phenoxy) is 2. The number of nitrogens with zero attached hydrogens (tertiary/aromatic N) is 2. The summed E-state index contributed by atoms with van der Waals surface area (Å²) in [6, 6.07) is 19.5. The van der Waals surface area contributed by atoms with Crippen LogP contribution < -0.4 is 19.1 Å². The first kappa shape index (κ1) is 32.5. The Hall–Kier alpha value is -4.05. The lowest BCUT2D eigenvalue weighted by molar-refractivity contribution is -0.140. The van der Waals surface area contributed by atoms with Gasteiger partial charge in [0.1, 0.15) is 24.1 Å². The van der Waals surface area contributed by atoms with Crippen molar-refractivity contribution in [1.29, 1.82) is 0 Å². The molecule has 226 valence electrons. The van der Waals surface area contributed by atoms with E-state index in [0.717, 1.165) is 28.3 Å². The van der Waals surface area contributed by atoms with Gasteiger partial charge in [-0.1, -0.05) is 56.7 Å². The molecular weight excluding hydrogens is 554 g/mol. The molecule has 0 aliphatic rings. The fourth-order valence-electron chi connectivity index (χ4n) is 4.58. The minimum Gasteiger partial charge on any atom is -0.497 e. The van der Waals surface area contributed by atoms with Gasteiger partial charge < -0.3 is 19.7 Å². The number of hydrogen-bond acceptors (Lipinski definition) is 6. The largest absolute Gasteiger partial charge is 0.497 e. The third-order valence-electron chi connectivity index (χ3n) is 6.94. The van der Waals surface area contributed by atoms with E-state index in [9.17, 15) is 18.0 Å². The number of aryl methyl sites for hydroxylation is 1. The number of benzene rings is 3. The number of hydrogen-bond donors (Lipinski definition) is 1. The summed E-state index contributed by atoms with van der Waals surface area (Å²) in [6.45, 7) is 5.76. The highest BCUT2D eigenvalue weighted by molar-refractivity contribution is 7.92. The van der Waals surface area contributed by atoms with E-state index in [0.29, 0.717) is 24.5 Å². The molecule has 0 saturated heterocycles. The van der Waals surface area contributed by atoms with E-state index in [2.05, 4.69) is 5.32 Å². The molecule has 0 aliphatic heterocycles. The first-order chi connectivity index (χ1) is 20.2. The van der Waals surface area contributed by atoms with Crippen LogP contribution in [-0.4, -0.2) is 58.5 Å². The number of methoxy groups -OCH3 is 2. The first-order valence-corrected chi connectivity index (χ1v) is 15.5. The Morgan fingerprint density at radius 1 is 0.929 bits per heavy atom. The van der Waals surface area contributed by atoms with Crippen LogP contribution in [0.25, 0.3) is 0 Å².